The average Bonchev–Trinajstić information content (AvgIpc) is 3.57. The minimum absolute atomic E-state index is 0.238. The Kier molecular flexibility index (Phi) is 7.71. The van der Waals surface area contributed by atoms with Gasteiger partial charge in [0, 0.05) is 36.2 Å². The van der Waals surface area contributed by atoms with Crippen LogP contribution in [0.3, 0.4) is 0 Å². The predicted octanol–water partition coefficient (Wildman–Crippen LogP) is 3.24. The molecular formula is C25H26F2N8O. The van der Waals surface area contributed by atoms with Crippen molar-refractivity contribution < 1.29 is 13.6 Å². The van der Waals surface area contributed by atoms with E-state index in [2.05, 4.69) is 25.8 Å². The molecule has 3 heterocycles. The van der Waals surface area contributed by atoms with Gasteiger partial charge in [0.1, 0.15) is 11.6 Å². The molecule has 1 aliphatic heterocycles. The summed E-state index contributed by atoms with van der Waals surface area (Å²) in [6, 6.07) is 15.5. The summed E-state index contributed by atoms with van der Waals surface area (Å²) in [6.07, 6.45) is 5.85. The normalized spacial score (nSPS) is 13.3. The van der Waals surface area contributed by atoms with Crippen molar-refractivity contribution in [1.29, 1.82) is 0 Å². The van der Waals surface area contributed by atoms with E-state index in [4.69, 9.17) is 11.7 Å². The highest BCUT2D eigenvalue weighted by Crippen LogP contribution is 2.24. The predicted molar refractivity (Wildman–Crippen MR) is 135 cm³/mol. The Morgan fingerprint density at radius 1 is 1.00 bits per heavy atom. The van der Waals surface area contributed by atoms with Crippen molar-refractivity contribution in [2.45, 2.75) is 12.8 Å². The topological polar surface area (TPSA) is 126 Å². The molecular weight excluding hydrogens is 466 g/mol. The van der Waals surface area contributed by atoms with Gasteiger partial charge >= 0.3 is 0 Å². The Labute approximate surface area is 206 Å². The number of carbonyl (C=O) groups excluding carboxylic acids is 1. The van der Waals surface area contributed by atoms with Crippen LogP contribution in [0, 0.1) is 11.6 Å². The zero-order valence-electron chi connectivity index (χ0n) is 19.4. The molecule has 186 valence electrons. The van der Waals surface area contributed by atoms with Gasteiger partial charge in [-0.15, -0.1) is 0 Å². The molecule has 1 fully saturated rings. The molecule has 0 bridgehead atoms. The average molecular weight is 493 g/mol. The van der Waals surface area contributed by atoms with Crippen LogP contribution < -0.4 is 27.3 Å². The fourth-order valence-electron chi connectivity index (χ4n) is 3.88. The lowest BCUT2D eigenvalue weighted by atomic mass is 10.1. The van der Waals surface area contributed by atoms with Gasteiger partial charge in [-0.05, 0) is 61.4 Å². The van der Waals surface area contributed by atoms with Crippen molar-refractivity contribution in [3.63, 3.8) is 0 Å². The number of benzene rings is 2. The third-order valence-electron chi connectivity index (χ3n) is 5.68. The molecule has 0 saturated carbocycles. The molecule has 11 heteroatoms. The number of nitrogens with one attached hydrogen (secondary N) is 2. The van der Waals surface area contributed by atoms with Crippen molar-refractivity contribution in [1.82, 2.24) is 15.0 Å². The molecule has 6 N–H and O–H groups in total. The van der Waals surface area contributed by atoms with Gasteiger partial charge in [-0.1, -0.05) is 12.1 Å². The Morgan fingerprint density at radius 3 is 2.33 bits per heavy atom. The van der Waals surface area contributed by atoms with Gasteiger partial charge in [0.05, 0.1) is 17.3 Å². The van der Waals surface area contributed by atoms with Crippen LogP contribution in [0.15, 0.2) is 78.2 Å². The van der Waals surface area contributed by atoms with Crippen LogP contribution in [0.4, 0.5) is 20.2 Å². The second-order valence-corrected chi connectivity index (χ2v) is 8.06. The Hall–Kier alpha value is -4.51. The molecule has 2 aromatic carbocycles. The number of hydrazine groups is 1. The third kappa shape index (κ3) is 5.76. The first-order valence-corrected chi connectivity index (χ1v) is 11.3. The number of fused-ring (bicyclic) bond motifs is 1. The third-order valence-corrected chi connectivity index (χ3v) is 5.68. The van der Waals surface area contributed by atoms with Gasteiger partial charge < -0.3 is 21.5 Å². The molecule has 0 spiro atoms. The quantitative estimate of drug-likeness (QED) is 0.150. The molecule has 0 radical (unpaired) electrons. The maximum atomic E-state index is 12.9. The minimum Gasteiger partial charge on any atom is -0.371 e. The number of nitrogens with two attached hydrogens (primary N) is 2. The summed E-state index contributed by atoms with van der Waals surface area (Å²) in [6.45, 7) is 2.08. The Morgan fingerprint density at radius 2 is 1.69 bits per heavy atom. The summed E-state index contributed by atoms with van der Waals surface area (Å²) in [7, 11) is 0. The lowest BCUT2D eigenvalue weighted by Gasteiger charge is -2.17. The molecule has 2 aromatic heterocycles. The SMILES string of the molecule is Fc1ccc(F)cc1.N/N=C(\NN)c1cccc(NC(=O)c2cnn3ccc(N4CCCC4)cc23)c1. The van der Waals surface area contributed by atoms with Crippen LogP contribution in [0.25, 0.3) is 5.52 Å². The van der Waals surface area contributed by atoms with Crippen molar-refractivity contribution in [3.05, 3.63) is 95.8 Å². The van der Waals surface area contributed by atoms with Crippen LogP contribution in [0.1, 0.15) is 28.8 Å². The monoisotopic (exact) mass is 492 g/mol. The lowest BCUT2D eigenvalue weighted by molar-refractivity contribution is 0.102. The molecule has 1 amide bonds. The number of anilines is 2. The number of rotatable bonds is 4. The van der Waals surface area contributed by atoms with E-state index < -0.39 is 11.6 Å². The number of hydrogen-bond acceptors (Lipinski definition) is 6. The first-order valence-electron chi connectivity index (χ1n) is 11.3. The van der Waals surface area contributed by atoms with Gasteiger partial charge in [-0.3, -0.25) is 4.79 Å². The largest absolute Gasteiger partial charge is 0.371 e. The standard InChI is InChI=1S/C19H22N8O.C6H4F2/c20-24-18(25-21)13-4-3-5-14(10-13)23-19(28)16-12-22-27-9-6-15(11-17(16)27)26-7-1-2-8-26;7-5-1-2-6(8)4-3-5/h3-6,9-12H,1-2,7-8,20-21H2,(H,23,28)(H,24,25);1-4H. The summed E-state index contributed by atoms with van der Waals surface area (Å²) < 4.78 is 25.6. The number of hydrazone groups is 1. The minimum atomic E-state index is -0.411. The first kappa shape index (κ1) is 24.6. The van der Waals surface area contributed by atoms with E-state index in [-0.39, 0.29) is 5.91 Å². The van der Waals surface area contributed by atoms with Crippen LogP contribution in [0.2, 0.25) is 0 Å². The summed E-state index contributed by atoms with van der Waals surface area (Å²) in [5.41, 5.74) is 6.09. The van der Waals surface area contributed by atoms with Gasteiger partial charge in [-0.25, -0.2) is 19.1 Å². The molecule has 0 unspecified atom stereocenters. The second-order valence-electron chi connectivity index (χ2n) is 8.06. The van der Waals surface area contributed by atoms with Crippen molar-refractivity contribution in [2.24, 2.45) is 16.8 Å². The van der Waals surface area contributed by atoms with E-state index in [9.17, 15) is 13.6 Å². The Balaban J connectivity index is 0.000000325. The highest BCUT2D eigenvalue weighted by molar-refractivity contribution is 6.09. The number of amidine groups is 1. The van der Waals surface area contributed by atoms with Gasteiger partial charge in [0.2, 0.25) is 0 Å². The maximum absolute atomic E-state index is 12.9. The van der Waals surface area contributed by atoms with Crippen molar-refractivity contribution in [3.8, 4) is 0 Å². The van der Waals surface area contributed by atoms with Crippen molar-refractivity contribution in [2.75, 3.05) is 23.3 Å². The van der Waals surface area contributed by atoms with Gasteiger partial charge in [0.15, 0.2) is 5.84 Å². The molecule has 36 heavy (non-hydrogen) atoms. The van der Waals surface area contributed by atoms with Crippen LogP contribution in [0.5, 0.6) is 0 Å². The number of pyridine rings is 1. The van der Waals surface area contributed by atoms with E-state index in [0.717, 1.165) is 48.6 Å². The zero-order valence-corrected chi connectivity index (χ0v) is 19.4. The van der Waals surface area contributed by atoms with Crippen LogP contribution in [-0.4, -0.2) is 34.4 Å². The van der Waals surface area contributed by atoms with Gasteiger partial charge in [-0.2, -0.15) is 10.2 Å². The Bertz CT molecular complexity index is 1340. The summed E-state index contributed by atoms with van der Waals surface area (Å²) in [5, 5.41) is 10.8. The summed E-state index contributed by atoms with van der Waals surface area (Å²) in [5.74, 6) is 9.99. The van der Waals surface area contributed by atoms with Crippen molar-refractivity contribution >= 4 is 28.6 Å². The lowest BCUT2D eigenvalue weighted by Crippen LogP contribution is -2.32. The zero-order chi connectivity index (χ0) is 25.5. The molecule has 4 aromatic rings. The molecule has 0 aliphatic carbocycles. The van der Waals surface area contributed by atoms with E-state index in [1.807, 2.05) is 18.3 Å². The number of nitrogens with zero attached hydrogens (tertiary/aromatic N) is 4. The van der Waals surface area contributed by atoms with E-state index in [1.54, 1.807) is 35.0 Å². The summed E-state index contributed by atoms with van der Waals surface area (Å²) in [4.78, 5) is 15.2. The number of hydrogen-bond donors (Lipinski definition) is 4. The van der Waals surface area contributed by atoms with E-state index in [1.165, 1.54) is 12.8 Å². The van der Waals surface area contributed by atoms with Gasteiger partial charge in [0.25, 0.3) is 5.91 Å². The highest BCUT2D eigenvalue weighted by Gasteiger charge is 2.17. The van der Waals surface area contributed by atoms with Crippen LogP contribution in [-0.2, 0) is 0 Å². The second kappa shape index (κ2) is 11.3. The number of halogens is 2. The fraction of sp³-hybridized carbons (Fsp3) is 0.160. The molecule has 1 aliphatic rings. The fourth-order valence-corrected chi connectivity index (χ4v) is 3.88. The number of carbonyl (C=O) groups is 1. The number of amides is 1. The smallest absolute Gasteiger partial charge is 0.259 e. The molecule has 1 saturated heterocycles. The molecule has 9 nitrogen and oxygen atoms in total. The first-order chi connectivity index (χ1) is 17.5. The number of aromatic nitrogens is 2. The highest BCUT2D eigenvalue weighted by atomic mass is 19.1. The maximum Gasteiger partial charge on any atom is 0.259 e. The van der Waals surface area contributed by atoms with E-state index >= 15 is 0 Å². The summed E-state index contributed by atoms with van der Waals surface area (Å²) >= 11 is 0. The molecule has 5 rings (SSSR count). The molecule has 0 atom stereocenters. The van der Waals surface area contributed by atoms with Crippen LogP contribution >= 0.6 is 0 Å². The van der Waals surface area contributed by atoms with E-state index in [0.29, 0.717) is 22.6 Å².